The van der Waals surface area contributed by atoms with E-state index in [1.807, 2.05) is 0 Å². The summed E-state index contributed by atoms with van der Waals surface area (Å²) in [6.07, 6.45) is 0.669. The van der Waals surface area contributed by atoms with Crippen molar-refractivity contribution < 1.29 is 19.0 Å². The SMILES string of the molecule is COc1ccc(C(O)c2ccoc2C)c(OC)c1Cl. The van der Waals surface area contributed by atoms with E-state index in [1.54, 1.807) is 25.1 Å². The first-order valence-electron chi connectivity index (χ1n) is 5.72. The Bertz CT molecular complexity index is 577. The van der Waals surface area contributed by atoms with Crippen molar-refractivity contribution in [3.05, 3.63) is 46.4 Å². The maximum atomic E-state index is 10.4. The summed E-state index contributed by atoms with van der Waals surface area (Å²) in [6, 6.07) is 5.14. The third-order valence-electron chi connectivity index (χ3n) is 3.00. The van der Waals surface area contributed by atoms with Crippen molar-refractivity contribution in [1.29, 1.82) is 0 Å². The lowest BCUT2D eigenvalue weighted by molar-refractivity contribution is 0.212. The van der Waals surface area contributed by atoms with Gasteiger partial charge in [-0.3, -0.25) is 0 Å². The second kappa shape index (κ2) is 5.55. The van der Waals surface area contributed by atoms with Crippen LogP contribution in [0.4, 0.5) is 0 Å². The average Bonchev–Trinajstić information content (AvgIpc) is 2.83. The molecule has 0 saturated heterocycles. The van der Waals surface area contributed by atoms with Gasteiger partial charge in [0, 0.05) is 11.1 Å². The zero-order chi connectivity index (χ0) is 14.0. The molecule has 1 atom stereocenters. The molecule has 0 amide bonds. The lowest BCUT2D eigenvalue weighted by Gasteiger charge is -2.17. The number of rotatable bonds is 4. The Labute approximate surface area is 116 Å². The third kappa shape index (κ3) is 2.41. The van der Waals surface area contributed by atoms with E-state index in [2.05, 4.69) is 0 Å². The molecule has 19 heavy (non-hydrogen) atoms. The van der Waals surface area contributed by atoms with Crippen molar-refractivity contribution >= 4 is 11.6 Å². The number of ether oxygens (including phenoxy) is 2. The fourth-order valence-electron chi connectivity index (χ4n) is 1.98. The third-order valence-corrected chi connectivity index (χ3v) is 3.36. The van der Waals surface area contributed by atoms with Crippen LogP contribution >= 0.6 is 11.6 Å². The minimum Gasteiger partial charge on any atom is -0.495 e. The van der Waals surface area contributed by atoms with Gasteiger partial charge in [-0.15, -0.1) is 0 Å². The highest BCUT2D eigenvalue weighted by Gasteiger charge is 2.22. The molecule has 102 valence electrons. The van der Waals surface area contributed by atoms with Crippen molar-refractivity contribution in [2.75, 3.05) is 14.2 Å². The summed E-state index contributed by atoms with van der Waals surface area (Å²) >= 11 is 6.17. The zero-order valence-corrected chi connectivity index (χ0v) is 11.7. The number of benzene rings is 1. The summed E-state index contributed by atoms with van der Waals surface area (Å²) in [5.74, 6) is 1.55. The van der Waals surface area contributed by atoms with Crippen LogP contribution in [0.25, 0.3) is 0 Å². The molecule has 2 rings (SSSR count). The topological polar surface area (TPSA) is 51.8 Å². The molecule has 1 aromatic carbocycles. The quantitative estimate of drug-likeness (QED) is 0.934. The van der Waals surface area contributed by atoms with Crippen molar-refractivity contribution in [3.8, 4) is 11.5 Å². The van der Waals surface area contributed by atoms with Crippen LogP contribution in [0.15, 0.2) is 28.9 Å². The highest BCUT2D eigenvalue weighted by Crippen LogP contribution is 2.41. The predicted octanol–water partition coefficient (Wildman–Crippen LogP) is 3.34. The molecule has 5 heteroatoms. The van der Waals surface area contributed by atoms with Gasteiger partial charge in [-0.2, -0.15) is 0 Å². The highest BCUT2D eigenvalue weighted by molar-refractivity contribution is 6.33. The van der Waals surface area contributed by atoms with Crippen molar-refractivity contribution in [2.45, 2.75) is 13.0 Å². The first-order chi connectivity index (χ1) is 9.10. The molecule has 2 aromatic rings. The zero-order valence-electron chi connectivity index (χ0n) is 10.9. The van der Waals surface area contributed by atoms with E-state index in [1.165, 1.54) is 20.5 Å². The number of aliphatic hydroxyl groups is 1. The van der Waals surface area contributed by atoms with Gasteiger partial charge in [0.25, 0.3) is 0 Å². The average molecular weight is 283 g/mol. The summed E-state index contributed by atoms with van der Waals surface area (Å²) in [5, 5.41) is 10.8. The fourth-order valence-corrected chi connectivity index (χ4v) is 2.31. The van der Waals surface area contributed by atoms with Crippen LogP contribution in [0.1, 0.15) is 23.0 Å². The van der Waals surface area contributed by atoms with Gasteiger partial charge in [0.05, 0.1) is 20.5 Å². The molecular formula is C14H15ClO4. The molecule has 0 saturated carbocycles. The Morgan fingerprint density at radius 2 is 1.89 bits per heavy atom. The van der Waals surface area contributed by atoms with E-state index in [0.717, 1.165) is 0 Å². The molecule has 0 aliphatic heterocycles. The first kappa shape index (κ1) is 13.8. The molecule has 0 aliphatic carbocycles. The fraction of sp³-hybridized carbons (Fsp3) is 0.286. The number of methoxy groups -OCH3 is 2. The number of furan rings is 1. The number of aliphatic hydroxyl groups excluding tert-OH is 1. The van der Waals surface area contributed by atoms with Gasteiger partial charge >= 0.3 is 0 Å². The Morgan fingerprint density at radius 1 is 1.16 bits per heavy atom. The van der Waals surface area contributed by atoms with Crippen LogP contribution in [0, 0.1) is 6.92 Å². The summed E-state index contributed by atoms with van der Waals surface area (Å²) in [4.78, 5) is 0. The molecule has 1 aromatic heterocycles. The van der Waals surface area contributed by atoms with E-state index in [0.29, 0.717) is 33.4 Å². The summed E-state index contributed by atoms with van der Waals surface area (Å²) in [5.41, 5.74) is 1.25. The molecule has 0 bridgehead atoms. The van der Waals surface area contributed by atoms with Crippen molar-refractivity contribution in [1.82, 2.24) is 0 Å². The normalized spacial score (nSPS) is 12.3. The smallest absolute Gasteiger partial charge is 0.147 e. The van der Waals surface area contributed by atoms with E-state index in [4.69, 9.17) is 25.5 Å². The molecular weight excluding hydrogens is 268 g/mol. The van der Waals surface area contributed by atoms with Gasteiger partial charge in [0.1, 0.15) is 28.4 Å². The minimum absolute atomic E-state index is 0.336. The molecule has 1 heterocycles. The Hall–Kier alpha value is -1.65. The van der Waals surface area contributed by atoms with Gasteiger partial charge in [0.15, 0.2) is 0 Å². The van der Waals surface area contributed by atoms with Gasteiger partial charge in [-0.05, 0) is 25.1 Å². The van der Waals surface area contributed by atoms with Crippen molar-refractivity contribution in [3.63, 3.8) is 0 Å². The standard InChI is InChI=1S/C14H15ClO4/c1-8-9(6-7-19-8)13(16)10-4-5-11(17-2)12(15)14(10)18-3/h4-7,13,16H,1-3H3. The number of aryl methyl sites for hydroxylation is 1. The number of halogens is 1. The van der Waals surface area contributed by atoms with Crippen LogP contribution in [0.3, 0.4) is 0 Å². The second-order valence-electron chi connectivity index (χ2n) is 4.04. The molecule has 1 N–H and O–H groups in total. The molecule has 0 spiro atoms. The van der Waals surface area contributed by atoms with Gasteiger partial charge in [-0.25, -0.2) is 0 Å². The maximum Gasteiger partial charge on any atom is 0.147 e. The predicted molar refractivity (Wildman–Crippen MR) is 72.1 cm³/mol. The monoisotopic (exact) mass is 282 g/mol. The van der Waals surface area contributed by atoms with E-state index < -0.39 is 6.10 Å². The number of hydrogen-bond acceptors (Lipinski definition) is 4. The Balaban J connectivity index is 2.51. The molecule has 4 nitrogen and oxygen atoms in total. The van der Waals surface area contributed by atoms with Crippen molar-refractivity contribution in [2.24, 2.45) is 0 Å². The van der Waals surface area contributed by atoms with Gasteiger partial charge < -0.3 is 19.0 Å². The highest BCUT2D eigenvalue weighted by atomic mass is 35.5. The van der Waals surface area contributed by atoms with Crippen LogP contribution in [0.2, 0.25) is 5.02 Å². The Kier molecular flexibility index (Phi) is 4.02. The lowest BCUT2D eigenvalue weighted by Crippen LogP contribution is -2.04. The van der Waals surface area contributed by atoms with E-state index >= 15 is 0 Å². The summed E-state index contributed by atoms with van der Waals surface area (Å²) in [6.45, 7) is 1.79. The number of hydrogen-bond donors (Lipinski definition) is 1. The molecule has 1 unspecified atom stereocenters. The largest absolute Gasteiger partial charge is 0.495 e. The molecule has 0 fully saturated rings. The second-order valence-corrected chi connectivity index (χ2v) is 4.42. The van der Waals surface area contributed by atoms with Crippen LogP contribution in [0.5, 0.6) is 11.5 Å². The van der Waals surface area contributed by atoms with Gasteiger partial charge in [0.2, 0.25) is 0 Å². The van der Waals surface area contributed by atoms with E-state index in [9.17, 15) is 5.11 Å². The van der Waals surface area contributed by atoms with Crippen LogP contribution in [-0.4, -0.2) is 19.3 Å². The van der Waals surface area contributed by atoms with E-state index in [-0.39, 0.29) is 0 Å². The van der Waals surface area contributed by atoms with Gasteiger partial charge in [-0.1, -0.05) is 11.6 Å². The minimum atomic E-state index is -0.864. The summed E-state index contributed by atoms with van der Waals surface area (Å²) < 4.78 is 15.6. The maximum absolute atomic E-state index is 10.4. The molecule has 0 radical (unpaired) electrons. The molecule has 0 aliphatic rings. The Morgan fingerprint density at radius 3 is 2.42 bits per heavy atom. The lowest BCUT2D eigenvalue weighted by atomic mass is 10.0. The van der Waals surface area contributed by atoms with Crippen LogP contribution in [-0.2, 0) is 0 Å². The van der Waals surface area contributed by atoms with Crippen LogP contribution < -0.4 is 9.47 Å². The summed E-state index contributed by atoms with van der Waals surface area (Å²) in [7, 11) is 3.02. The first-order valence-corrected chi connectivity index (χ1v) is 6.10.